The highest BCUT2D eigenvalue weighted by atomic mass is 32.2. The Hall–Kier alpha value is -2.63. The molecule has 3 aromatic carbocycles. The zero-order chi connectivity index (χ0) is 19.3. The summed E-state index contributed by atoms with van der Waals surface area (Å²) in [5.41, 5.74) is 4.14. The molecule has 0 spiro atoms. The molecule has 0 fully saturated rings. The van der Waals surface area contributed by atoms with Crippen LogP contribution in [0, 0.1) is 13.8 Å². The van der Waals surface area contributed by atoms with Crippen molar-refractivity contribution < 1.29 is 8.42 Å². The van der Waals surface area contributed by atoms with Crippen LogP contribution < -0.4 is 10.0 Å². The summed E-state index contributed by atoms with van der Waals surface area (Å²) in [5.74, 6) is 0. The van der Waals surface area contributed by atoms with Gasteiger partial charge in [-0.25, -0.2) is 13.1 Å². The van der Waals surface area contributed by atoms with Gasteiger partial charge in [-0.1, -0.05) is 66.2 Å². The summed E-state index contributed by atoms with van der Waals surface area (Å²) in [6, 6.07) is 24.5. The average Bonchev–Trinajstić information content (AvgIpc) is 2.67. The van der Waals surface area contributed by atoms with E-state index in [4.69, 9.17) is 0 Å². The standard InChI is InChI=1S/C22H24N2O2S/c1-17-12-14-20(15-13-17)27(25,26)23-16-22(19-9-4-3-5-10-19)24-21-11-7-6-8-18(21)2/h3-15,22-24H,16H2,1-2H3. The van der Waals surface area contributed by atoms with Crippen molar-refractivity contribution in [1.29, 1.82) is 0 Å². The third-order valence-corrected chi connectivity index (χ3v) is 5.92. The average molecular weight is 381 g/mol. The molecule has 5 heteroatoms. The van der Waals surface area contributed by atoms with Crippen molar-refractivity contribution in [3.05, 3.63) is 95.6 Å². The zero-order valence-electron chi connectivity index (χ0n) is 15.5. The molecule has 0 bridgehead atoms. The number of para-hydroxylation sites is 1. The Morgan fingerprint density at radius 1 is 0.815 bits per heavy atom. The summed E-state index contributed by atoms with van der Waals surface area (Å²) in [6.45, 7) is 4.21. The molecule has 0 heterocycles. The first kappa shape index (κ1) is 19.1. The highest BCUT2D eigenvalue weighted by Gasteiger charge is 2.18. The molecular formula is C22H24N2O2S. The highest BCUT2D eigenvalue weighted by Crippen LogP contribution is 2.22. The number of hydrogen-bond donors (Lipinski definition) is 2. The van der Waals surface area contributed by atoms with Gasteiger partial charge < -0.3 is 5.32 Å². The van der Waals surface area contributed by atoms with Crippen LogP contribution in [0.5, 0.6) is 0 Å². The first-order valence-electron chi connectivity index (χ1n) is 8.89. The molecule has 0 aromatic heterocycles. The van der Waals surface area contributed by atoms with Gasteiger partial charge in [-0.15, -0.1) is 0 Å². The monoisotopic (exact) mass is 380 g/mol. The molecule has 3 rings (SSSR count). The third kappa shape index (κ3) is 4.96. The lowest BCUT2D eigenvalue weighted by Gasteiger charge is -2.22. The van der Waals surface area contributed by atoms with Crippen LogP contribution in [0.15, 0.2) is 83.8 Å². The molecule has 140 valence electrons. The van der Waals surface area contributed by atoms with E-state index in [1.165, 1.54) is 0 Å². The summed E-state index contributed by atoms with van der Waals surface area (Å²) >= 11 is 0. The number of nitrogens with one attached hydrogen (secondary N) is 2. The van der Waals surface area contributed by atoms with Crippen molar-refractivity contribution in [2.24, 2.45) is 0 Å². The maximum absolute atomic E-state index is 12.7. The summed E-state index contributed by atoms with van der Waals surface area (Å²) in [6.07, 6.45) is 0. The topological polar surface area (TPSA) is 58.2 Å². The smallest absolute Gasteiger partial charge is 0.240 e. The van der Waals surface area contributed by atoms with E-state index in [0.29, 0.717) is 0 Å². The van der Waals surface area contributed by atoms with Crippen LogP contribution in [-0.2, 0) is 10.0 Å². The minimum atomic E-state index is -3.57. The van der Waals surface area contributed by atoms with E-state index in [0.717, 1.165) is 22.4 Å². The fraction of sp³-hybridized carbons (Fsp3) is 0.182. The van der Waals surface area contributed by atoms with Gasteiger partial charge in [-0.3, -0.25) is 0 Å². The Morgan fingerprint density at radius 2 is 1.44 bits per heavy atom. The lowest BCUT2D eigenvalue weighted by molar-refractivity contribution is 0.576. The zero-order valence-corrected chi connectivity index (χ0v) is 16.3. The summed E-state index contributed by atoms with van der Waals surface area (Å²) in [4.78, 5) is 0.274. The number of anilines is 1. The van der Waals surface area contributed by atoms with Gasteiger partial charge in [-0.2, -0.15) is 0 Å². The maximum atomic E-state index is 12.7. The Balaban J connectivity index is 1.81. The van der Waals surface area contributed by atoms with Gasteiger partial charge in [0.05, 0.1) is 10.9 Å². The van der Waals surface area contributed by atoms with Crippen LogP contribution in [0.4, 0.5) is 5.69 Å². The Bertz CT molecular complexity index is 984. The number of hydrogen-bond acceptors (Lipinski definition) is 3. The van der Waals surface area contributed by atoms with Gasteiger partial charge in [0.25, 0.3) is 0 Å². The second-order valence-electron chi connectivity index (χ2n) is 6.59. The lowest BCUT2D eigenvalue weighted by atomic mass is 10.1. The molecule has 0 aliphatic heterocycles. The molecule has 2 N–H and O–H groups in total. The Kier molecular flexibility index (Phi) is 5.94. The molecule has 27 heavy (non-hydrogen) atoms. The molecule has 0 saturated heterocycles. The van der Waals surface area contributed by atoms with Gasteiger partial charge in [0.2, 0.25) is 10.0 Å². The fourth-order valence-corrected chi connectivity index (χ4v) is 3.90. The molecular weight excluding hydrogens is 356 g/mol. The first-order valence-corrected chi connectivity index (χ1v) is 10.4. The van der Waals surface area contributed by atoms with Crippen molar-refractivity contribution in [3.63, 3.8) is 0 Å². The largest absolute Gasteiger partial charge is 0.377 e. The van der Waals surface area contributed by atoms with Gasteiger partial charge >= 0.3 is 0 Å². The fourth-order valence-electron chi connectivity index (χ4n) is 2.85. The number of benzene rings is 3. The maximum Gasteiger partial charge on any atom is 0.240 e. The van der Waals surface area contributed by atoms with Crippen LogP contribution in [0.3, 0.4) is 0 Å². The molecule has 3 aromatic rings. The second kappa shape index (κ2) is 8.37. The predicted molar refractivity (Wildman–Crippen MR) is 110 cm³/mol. The van der Waals surface area contributed by atoms with Crippen LogP contribution in [0.25, 0.3) is 0 Å². The minimum absolute atomic E-state index is 0.187. The van der Waals surface area contributed by atoms with Crippen molar-refractivity contribution in [1.82, 2.24) is 4.72 Å². The van der Waals surface area contributed by atoms with E-state index in [9.17, 15) is 8.42 Å². The van der Waals surface area contributed by atoms with Gasteiger partial charge in [-0.05, 0) is 43.2 Å². The summed E-state index contributed by atoms with van der Waals surface area (Å²) < 4.78 is 28.1. The van der Waals surface area contributed by atoms with Crippen LogP contribution in [0.2, 0.25) is 0 Å². The summed E-state index contributed by atoms with van der Waals surface area (Å²) in [5, 5.41) is 3.47. The van der Waals surface area contributed by atoms with Gasteiger partial charge in [0, 0.05) is 12.2 Å². The Morgan fingerprint density at radius 3 is 2.11 bits per heavy atom. The lowest BCUT2D eigenvalue weighted by Crippen LogP contribution is -2.31. The molecule has 1 unspecified atom stereocenters. The molecule has 0 aliphatic rings. The van der Waals surface area contributed by atoms with E-state index < -0.39 is 10.0 Å². The number of aryl methyl sites for hydroxylation is 2. The van der Waals surface area contributed by atoms with Crippen molar-refractivity contribution in [2.45, 2.75) is 24.8 Å². The van der Waals surface area contributed by atoms with E-state index >= 15 is 0 Å². The minimum Gasteiger partial charge on any atom is -0.377 e. The van der Waals surface area contributed by atoms with Crippen molar-refractivity contribution in [3.8, 4) is 0 Å². The second-order valence-corrected chi connectivity index (χ2v) is 8.35. The van der Waals surface area contributed by atoms with E-state index in [1.54, 1.807) is 24.3 Å². The van der Waals surface area contributed by atoms with Gasteiger partial charge in [0.15, 0.2) is 0 Å². The molecule has 0 aliphatic carbocycles. The van der Waals surface area contributed by atoms with Crippen LogP contribution in [-0.4, -0.2) is 15.0 Å². The molecule has 0 amide bonds. The van der Waals surface area contributed by atoms with Gasteiger partial charge in [0.1, 0.15) is 0 Å². The summed E-state index contributed by atoms with van der Waals surface area (Å²) in [7, 11) is -3.57. The van der Waals surface area contributed by atoms with E-state index in [-0.39, 0.29) is 17.5 Å². The SMILES string of the molecule is Cc1ccc(S(=O)(=O)NCC(Nc2ccccc2C)c2ccccc2)cc1. The van der Waals surface area contributed by atoms with Crippen LogP contribution in [0.1, 0.15) is 22.7 Å². The number of rotatable bonds is 7. The quantitative estimate of drug-likeness (QED) is 0.637. The molecule has 0 saturated carbocycles. The van der Waals surface area contributed by atoms with Crippen molar-refractivity contribution in [2.75, 3.05) is 11.9 Å². The molecule has 0 radical (unpaired) electrons. The Labute approximate surface area is 161 Å². The van der Waals surface area contributed by atoms with E-state index in [2.05, 4.69) is 10.0 Å². The van der Waals surface area contributed by atoms with E-state index in [1.807, 2.05) is 68.4 Å². The van der Waals surface area contributed by atoms with Crippen LogP contribution >= 0.6 is 0 Å². The predicted octanol–water partition coefficient (Wildman–Crippen LogP) is 4.44. The molecule has 1 atom stereocenters. The van der Waals surface area contributed by atoms with Crippen molar-refractivity contribution >= 4 is 15.7 Å². The third-order valence-electron chi connectivity index (χ3n) is 4.49. The first-order chi connectivity index (χ1) is 13.0. The normalized spacial score (nSPS) is 12.5. The number of sulfonamides is 1. The highest BCUT2D eigenvalue weighted by molar-refractivity contribution is 7.89. The molecule has 4 nitrogen and oxygen atoms in total.